The second kappa shape index (κ2) is 8.89. The normalized spacial score (nSPS) is 13.3. The molecule has 0 aliphatic carbocycles. The van der Waals surface area contributed by atoms with Gasteiger partial charge in [-0.05, 0) is 31.0 Å². The number of nitro groups is 1. The van der Waals surface area contributed by atoms with Crippen LogP contribution in [-0.2, 0) is 4.79 Å². The van der Waals surface area contributed by atoms with Crippen LogP contribution in [0.2, 0.25) is 10.0 Å². The van der Waals surface area contributed by atoms with Crippen LogP contribution in [0.15, 0.2) is 24.5 Å². The molecule has 0 saturated carbocycles. The zero-order valence-electron chi connectivity index (χ0n) is 14.5. The van der Waals surface area contributed by atoms with Crippen LogP contribution in [0.5, 0.6) is 5.75 Å². The summed E-state index contributed by atoms with van der Waals surface area (Å²) in [6.45, 7) is 0.991. The van der Waals surface area contributed by atoms with Gasteiger partial charge in [-0.25, -0.2) is 9.97 Å². The first kappa shape index (κ1) is 19.9. The van der Waals surface area contributed by atoms with Gasteiger partial charge in [0.2, 0.25) is 11.6 Å². The van der Waals surface area contributed by atoms with Crippen LogP contribution >= 0.6 is 23.2 Å². The lowest BCUT2D eigenvalue weighted by atomic mass is 10.3. The number of aromatic nitrogens is 2. The number of nitrogens with zero attached hydrogens (tertiary/aromatic N) is 4. The molecule has 0 unspecified atom stereocenters. The predicted molar refractivity (Wildman–Crippen MR) is 104 cm³/mol. The fourth-order valence-electron chi connectivity index (χ4n) is 2.69. The molecular formula is C16H16Cl2N6O4. The average Bonchev–Trinajstić information content (AvgIpc) is 3.19. The van der Waals surface area contributed by atoms with E-state index in [1.807, 2.05) is 4.90 Å². The summed E-state index contributed by atoms with van der Waals surface area (Å²) in [5.74, 6) is -0.189. The van der Waals surface area contributed by atoms with Crippen molar-refractivity contribution in [2.45, 2.75) is 12.8 Å². The van der Waals surface area contributed by atoms with E-state index < -0.39 is 10.8 Å². The number of nitrogens with one attached hydrogen (secondary N) is 2. The summed E-state index contributed by atoms with van der Waals surface area (Å²) in [6.07, 6.45) is 3.08. The number of anilines is 2. The smallest absolute Gasteiger partial charge is 0.355 e. The van der Waals surface area contributed by atoms with Crippen LogP contribution in [0.1, 0.15) is 12.8 Å². The molecule has 10 nitrogen and oxygen atoms in total. The van der Waals surface area contributed by atoms with Crippen LogP contribution in [0.25, 0.3) is 0 Å². The van der Waals surface area contributed by atoms with Crippen molar-refractivity contribution in [2.75, 3.05) is 30.0 Å². The summed E-state index contributed by atoms with van der Waals surface area (Å²) in [6, 6.07) is 4.59. The minimum Gasteiger partial charge on any atom is -0.482 e. The first-order chi connectivity index (χ1) is 13.5. The van der Waals surface area contributed by atoms with E-state index in [1.54, 1.807) is 6.07 Å². The van der Waals surface area contributed by atoms with Gasteiger partial charge in [-0.1, -0.05) is 23.2 Å². The van der Waals surface area contributed by atoms with Gasteiger partial charge >= 0.3 is 5.69 Å². The lowest BCUT2D eigenvalue weighted by Crippen LogP contribution is -2.34. The van der Waals surface area contributed by atoms with E-state index >= 15 is 0 Å². The van der Waals surface area contributed by atoms with E-state index in [0.717, 1.165) is 12.8 Å². The van der Waals surface area contributed by atoms with Gasteiger partial charge in [0.15, 0.2) is 6.61 Å². The highest BCUT2D eigenvalue weighted by Gasteiger charge is 2.28. The van der Waals surface area contributed by atoms with Gasteiger partial charge in [-0.3, -0.25) is 25.8 Å². The number of halogens is 2. The third-order valence-electron chi connectivity index (χ3n) is 3.96. The van der Waals surface area contributed by atoms with Gasteiger partial charge < -0.3 is 9.64 Å². The van der Waals surface area contributed by atoms with E-state index in [-0.39, 0.29) is 34.7 Å². The van der Waals surface area contributed by atoms with Crippen molar-refractivity contribution in [3.63, 3.8) is 0 Å². The van der Waals surface area contributed by atoms with Gasteiger partial charge in [0.1, 0.15) is 12.1 Å². The van der Waals surface area contributed by atoms with E-state index in [4.69, 9.17) is 27.9 Å². The molecule has 0 bridgehead atoms. The molecule has 2 aromatic rings. The standard InChI is InChI=1S/C16H16Cl2N6O4/c17-10-3-4-12(11(18)7-10)28-8-13(25)21-22-15-14(24(26)27)16(20-9-19-15)23-5-1-2-6-23/h3-4,7,9H,1-2,5-6,8H2,(H,21,25)(H,19,20,22). The number of hydrogen-bond acceptors (Lipinski definition) is 8. The molecule has 1 aromatic heterocycles. The predicted octanol–water partition coefficient (Wildman–Crippen LogP) is 2.81. The first-order valence-electron chi connectivity index (χ1n) is 8.32. The Morgan fingerprint density at radius 2 is 2.04 bits per heavy atom. The van der Waals surface area contributed by atoms with Crippen LogP contribution < -0.4 is 20.5 Å². The van der Waals surface area contributed by atoms with E-state index in [2.05, 4.69) is 20.8 Å². The van der Waals surface area contributed by atoms with Crippen molar-refractivity contribution >= 4 is 46.4 Å². The number of amides is 1. The first-order valence-corrected chi connectivity index (χ1v) is 9.08. The Labute approximate surface area is 169 Å². The summed E-state index contributed by atoms with van der Waals surface area (Å²) in [7, 11) is 0. The third-order valence-corrected chi connectivity index (χ3v) is 4.49. The highest BCUT2D eigenvalue weighted by atomic mass is 35.5. The maximum atomic E-state index is 12.0. The molecule has 2 heterocycles. The quantitative estimate of drug-likeness (QED) is 0.511. The Morgan fingerprint density at radius 1 is 1.29 bits per heavy atom. The molecule has 1 amide bonds. The molecule has 12 heteroatoms. The zero-order valence-corrected chi connectivity index (χ0v) is 16.0. The maximum Gasteiger partial charge on any atom is 0.355 e. The molecule has 1 fully saturated rings. The fourth-order valence-corrected chi connectivity index (χ4v) is 3.15. The van der Waals surface area contributed by atoms with Crippen LogP contribution in [0, 0.1) is 10.1 Å². The maximum absolute atomic E-state index is 12.0. The van der Waals surface area contributed by atoms with Gasteiger partial charge in [0, 0.05) is 18.1 Å². The second-order valence-corrected chi connectivity index (χ2v) is 6.73. The minimum atomic E-state index is -0.582. The van der Waals surface area contributed by atoms with E-state index in [0.29, 0.717) is 18.1 Å². The fraction of sp³-hybridized carbons (Fsp3) is 0.312. The SMILES string of the molecule is O=C(COc1ccc(Cl)cc1Cl)NNc1ncnc(N2CCCC2)c1[N+](=O)[O-]. The number of hydrogen-bond donors (Lipinski definition) is 2. The van der Waals surface area contributed by atoms with Crippen LogP contribution in [0.3, 0.4) is 0 Å². The molecule has 148 valence electrons. The van der Waals surface area contributed by atoms with Crippen LogP contribution in [-0.4, -0.2) is 40.5 Å². The summed E-state index contributed by atoms with van der Waals surface area (Å²) >= 11 is 11.8. The van der Waals surface area contributed by atoms with Crippen molar-refractivity contribution in [1.29, 1.82) is 0 Å². The Hall–Kier alpha value is -2.85. The summed E-state index contributed by atoms with van der Waals surface area (Å²) < 4.78 is 5.31. The molecule has 1 aliphatic rings. The van der Waals surface area contributed by atoms with Gasteiger partial charge in [-0.2, -0.15) is 0 Å². The van der Waals surface area contributed by atoms with E-state index in [9.17, 15) is 14.9 Å². The molecular weight excluding hydrogens is 411 g/mol. The topological polar surface area (TPSA) is 123 Å². The Morgan fingerprint density at radius 3 is 2.71 bits per heavy atom. The van der Waals surface area contributed by atoms with Gasteiger partial charge in [-0.15, -0.1) is 0 Å². The molecule has 3 rings (SSSR count). The number of carbonyl (C=O) groups is 1. The molecule has 0 atom stereocenters. The minimum absolute atomic E-state index is 0.111. The lowest BCUT2D eigenvalue weighted by molar-refractivity contribution is -0.383. The van der Waals surface area contributed by atoms with Crippen LogP contribution in [0.4, 0.5) is 17.3 Å². The van der Waals surface area contributed by atoms with Gasteiger partial charge in [0.25, 0.3) is 5.91 Å². The Bertz CT molecular complexity index is 891. The molecule has 1 saturated heterocycles. The molecule has 0 spiro atoms. The molecule has 0 radical (unpaired) electrons. The number of carbonyl (C=O) groups excluding carboxylic acids is 1. The second-order valence-electron chi connectivity index (χ2n) is 5.88. The van der Waals surface area contributed by atoms with Crippen molar-refractivity contribution in [2.24, 2.45) is 0 Å². The molecule has 28 heavy (non-hydrogen) atoms. The summed E-state index contributed by atoms with van der Waals surface area (Å²) in [4.78, 5) is 32.7. The monoisotopic (exact) mass is 426 g/mol. The molecule has 1 aromatic carbocycles. The highest BCUT2D eigenvalue weighted by molar-refractivity contribution is 6.35. The Kier molecular flexibility index (Phi) is 6.32. The highest BCUT2D eigenvalue weighted by Crippen LogP contribution is 2.33. The van der Waals surface area contributed by atoms with Crippen molar-refractivity contribution in [3.05, 3.63) is 44.7 Å². The number of rotatable bonds is 7. The summed E-state index contributed by atoms with van der Waals surface area (Å²) in [5, 5.41) is 12.2. The zero-order chi connectivity index (χ0) is 20.1. The Balaban J connectivity index is 1.64. The molecule has 2 N–H and O–H groups in total. The van der Waals surface area contributed by atoms with Gasteiger partial charge in [0.05, 0.1) is 9.95 Å². The van der Waals surface area contributed by atoms with Crippen molar-refractivity contribution < 1.29 is 14.5 Å². The number of ether oxygens (including phenoxy) is 1. The number of hydrazine groups is 1. The van der Waals surface area contributed by atoms with Crippen molar-refractivity contribution in [1.82, 2.24) is 15.4 Å². The lowest BCUT2D eigenvalue weighted by Gasteiger charge is -2.17. The third kappa shape index (κ3) is 4.70. The average molecular weight is 427 g/mol. The number of benzene rings is 1. The largest absolute Gasteiger partial charge is 0.482 e. The van der Waals surface area contributed by atoms with E-state index in [1.165, 1.54) is 18.5 Å². The summed E-state index contributed by atoms with van der Waals surface area (Å²) in [5.41, 5.74) is 4.48. The van der Waals surface area contributed by atoms with Crippen molar-refractivity contribution in [3.8, 4) is 5.75 Å². The molecule has 1 aliphatic heterocycles.